The molecular weight excluding hydrogens is 468 g/mol. The molecule has 1 aliphatic heterocycles. The number of nitrogens with one attached hydrogen (secondary N) is 2. The Hall–Kier alpha value is -3.53. The van der Waals surface area contributed by atoms with Gasteiger partial charge in [-0.1, -0.05) is 17.3 Å². The van der Waals surface area contributed by atoms with Gasteiger partial charge in [0.25, 0.3) is 10.0 Å². The predicted octanol–water partition coefficient (Wildman–Crippen LogP) is 4.27. The minimum atomic E-state index is -4.00. The van der Waals surface area contributed by atoms with E-state index in [1.54, 1.807) is 50.2 Å². The number of aromatic nitrogens is 1. The summed E-state index contributed by atoms with van der Waals surface area (Å²) in [6.45, 7) is 5.08. The minimum Gasteiger partial charge on any atom is -0.495 e. The second-order valence-electron chi connectivity index (χ2n) is 8.56. The zero-order chi connectivity index (χ0) is 25.0. The van der Waals surface area contributed by atoms with E-state index in [0.29, 0.717) is 34.3 Å². The largest absolute Gasteiger partial charge is 0.495 e. The average Bonchev–Trinajstić information content (AvgIpc) is 3.16. The van der Waals surface area contributed by atoms with Crippen molar-refractivity contribution in [2.75, 3.05) is 35.1 Å². The lowest BCUT2D eigenvalue weighted by atomic mass is 10.1. The number of carbonyl (C=O) groups is 1. The van der Waals surface area contributed by atoms with Crippen LogP contribution in [-0.4, -0.2) is 39.7 Å². The molecule has 3 aromatic rings. The molecule has 0 unspecified atom stereocenters. The van der Waals surface area contributed by atoms with Crippen LogP contribution in [0.3, 0.4) is 0 Å². The third-order valence-corrected chi connectivity index (χ3v) is 7.49. The lowest BCUT2D eigenvalue weighted by molar-refractivity contribution is -0.115. The zero-order valence-electron chi connectivity index (χ0n) is 20.1. The number of benzene rings is 2. The maximum Gasteiger partial charge on any atom is 0.264 e. The van der Waals surface area contributed by atoms with Gasteiger partial charge < -0.3 is 19.5 Å². The van der Waals surface area contributed by atoms with Crippen LogP contribution >= 0.6 is 0 Å². The van der Waals surface area contributed by atoms with E-state index in [9.17, 15) is 13.2 Å². The van der Waals surface area contributed by atoms with Gasteiger partial charge in [-0.25, -0.2) is 8.42 Å². The summed E-state index contributed by atoms with van der Waals surface area (Å²) in [5.41, 5.74) is 2.71. The fraction of sp³-hybridized carbons (Fsp3) is 0.360. The smallest absolute Gasteiger partial charge is 0.264 e. The number of piperidine rings is 1. The van der Waals surface area contributed by atoms with E-state index in [4.69, 9.17) is 9.26 Å². The van der Waals surface area contributed by atoms with Gasteiger partial charge in [0.1, 0.15) is 16.4 Å². The van der Waals surface area contributed by atoms with Gasteiger partial charge in [0.2, 0.25) is 5.91 Å². The molecule has 0 atom stereocenters. The summed E-state index contributed by atoms with van der Waals surface area (Å²) in [7, 11) is -2.51. The van der Waals surface area contributed by atoms with Gasteiger partial charge >= 0.3 is 0 Å². The van der Waals surface area contributed by atoms with Gasteiger partial charge in [-0.3, -0.25) is 9.52 Å². The van der Waals surface area contributed by atoms with Gasteiger partial charge in [-0.05, 0) is 63.4 Å². The van der Waals surface area contributed by atoms with Crippen LogP contribution in [0.25, 0.3) is 0 Å². The first-order valence-electron chi connectivity index (χ1n) is 11.5. The van der Waals surface area contributed by atoms with E-state index in [1.165, 1.54) is 13.2 Å². The lowest BCUT2D eigenvalue weighted by Crippen LogP contribution is -2.31. The zero-order valence-corrected chi connectivity index (χ0v) is 20.9. The van der Waals surface area contributed by atoms with Crippen molar-refractivity contribution < 1.29 is 22.5 Å². The molecule has 35 heavy (non-hydrogen) atoms. The number of amides is 1. The highest BCUT2D eigenvalue weighted by Gasteiger charge is 2.25. The number of hydrogen-bond donors (Lipinski definition) is 2. The van der Waals surface area contributed by atoms with E-state index < -0.39 is 10.0 Å². The van der Waals surface area contributed by atoms with Crippen LogP contribution in [0.15, 0.2) is 51.9 Å². The van der Waals surface area contributed by atoms with E-state index in [0.717, 1.165) is 37.9 Å². The molecule has 4 rings (SSSR count). The van der Waals surface area contributed by atoms with Crippen LogP contribution in [-0.2, 0) is 21.2 Å². The van der Waals surface area contributed by atoms with Crippen molar-refractivity contribution in [1.82, 2.24) is 5.16 Å². The molecule has 0 aliphatic carbocycles. The molecule has 9 nitrogen and oxygen atoms in total. The summed E-state index contributed by atoms with van der Waals surface area (Å²) >= 11 is 0. The fourth-order valence-corrected chi connectivity index (χ4v) is 5.57. The summed E-state index contributed by atoms with van der Waals surface area (Å²) < 4.78 is 40.3. The number of aryl methyl sites for hydroxylation is 2. The molecule has 1 amide bonds. The molecule has 2 aromatic carbocycles. The van der Waals surface area contributed by atoms with Crippen LogP contribution in [0.1, 0.15) is 36.3 Å². The minimum absolute atomic E-state index is 0.0800. The molecule has 2 N–H and O–H groups in total. The quantitative estimate of drug-likeness (QED) is 0.477. The number of anilines is 3. The molecule has 10 heteroatoms. The van der Waals surface area contributed by atoms with Crippen molar-refractivity contribution >= 4 is 33.0 Å². The first-order valence-corrected chi connectivity index (χ1v) is 13.0. The lowest BCUT2D eigenvalue weighted by Gasteiger charge is -2.30. The van der Waals surface area contributed by atoms with E-state index in [-0.39, 0.29) is 17.2 Å². The van der Waals surface area contributed by atoms with Crippen LogP contribution in [0.2, 0.25) is 0 Å². The molecule has 0 bridgehead atoms. The SMILES string of the molecule is COc1ccccc1NS(=O)(=O)c1cc(NC(=O)Cc2c(C)noc2C)ccc1N1CCCCC1. The number of methoxy groups -OCH3 is 1. The van der Waals surface area contributed by atoms with Crippen molar-refractivity contribution in [3.05, 3.63) is 59.5 Å². The van der Waals surface area contributed by atoms with Crippen molar-refractivity contribution in [3.8, 4) is 5.75 Å². The van der Waals surface area contributed by atoms with Crippen molar-refractivity contribution in [3.63, 3.8) is 0 Å². The Kier molecular flexibility index (Phi) is 7.30. The summed E-state index contributed by atoms with van der Waals surface area (Å²) in [5, 5.41) is 6.70. The normalized spacial score (nSPS) is 14.0. The topological polar surface area (TPSA) is 114 Å². The second kappa shape index (κ2) is 10.4. The van der Waals surface area contributed by atoms with Gasteiger partial charge in [-0.15, -0.1) is 0 Å². The molecule has 186 valence electrons. The molecule has 0 saturated carbocycles. The van der Waals surface area contributed by atoms with Crippen LogP contribution < -0.4 is 19.7 Å². The van der Waals surface area contributed by atoms with Crippen LogP contribution in [0.5, 0.6) is 5.75 Å². The summed E-state index contributed by atoms with van der Waals surface area (Å²) in [4.78, 5) is 14.9. The highest BCUT2D eigenvalue weighted by molar-refractivity contribution is 7.93. The fourth-order valence-electron chi connectivity index (χ4n) is 4.25. The number of nitrogens with zero attached hydrogens (tertiary/aromatic N) is 2. The Morgan fingerprint density at radius 1 is 1.11 bits per heavy atom. The molecule has 0 radical (unpaired) electrons. The first-order chi connectivity index (χ1) is 16.8. The van der Waals surface area contributed by atoms with Crippen molar-refractivity contribution in [1.29, 1.82) is 0 Å². The van der Waals surface area contributed by atoms with Gasteiger partial charge in [0, 0.05) is 24.3 Å². The number of carbonyl (C=O) groups excluding carboxylic acids is 1. The van der Waals surface area contributed by atoms with Crippen molar-refractivity contribution in [2.24, 2.45) is 0 Å². The van der Waals surface area contributed by atoms with Gasteiger partial charge in [0.05, 0.1) is 30.6 Å². The van der Waals surface area contributed by atoms with E-state index in [1.807, 2.05) is 0 Å². The third-order valence-electron chi connectivity index (χ3n) is 6.10. The van der Waals surface area contributed by atoms with Gasteiger partial charge in [-0.2, -0.15) is 0 Å². The Balaban J connectivity index is 1.66. The van der Waals surface area contributed by atoms with Crippen molar-refractivity contribution in [2.45, 2.75) is 44.4 Å². The maximum atomic E-state index is 13.6. The number of hydrogen-bond acceptors (Lipinski definition) is 7. The highest BCUT2D eigenvalue weighted by Crippen LogP contribution is 2.33. The predicted molar refractivity (Wildman–Crippen MR) is 135 cm³/mol. The average molecular weight is 499 g/mol. The standard InChI is InChI=1S/C25H30N4O5S/c1-17-20(18(2)34-27-17)16-25(30)26-19-11-12-22(29-13-7-4-8-14-29)24(15-19)35(31,32)28-21-9-5-6-10-23(21)33-3/h5-6,9-12,15,28H,4,7-8,13-14,16H2,1-3H3,(H,26,30). The molecule has 1 saturated heterocycles. The number of rotatable bonds is 8. The summed E-state index contributed by atoms with van der Waals surface area (Å²) in [6.07, 6.45) is 3.19. The van der Waals surface area contributed by atoms with Crippen LogP contribution in [0.4, 0.5) is 17.1 Å². The maximum absolute atomic E-state index is 13.6. The Bertz CT molecular complexity index is 1290. The molecule has 1 aliphatic rings. The second-order valence-corrected chi connectivity index (χ2v) is 10.2. The van der Waals surface area contributed by atoms with E-state index in [2.05, 4.69) is 20.1 Å². The van der Waals surface area contributed by atoms with Crippen LogP contribution in [0, 0.1) is 13.8 Å². The summed E-state index contributed by atoms with van der Waals surface area (Å²) in [5.74, 6) is 0.716. The molecule has 1 fully saturated rings. The Morgan fingerprint density at radius 3 is 2.54 bits per heavy atom. The highest BCUT2D eigenvalue weighted by atomic mass is 32.2. The number of para-hydroxylation sites is 2. The summed E-state index contributed by atoms with van der Waals surface area (Å²) in [6, 6.07) is 11.8. The number of ether oxygens (including phenoxy) is 1. The molecule has 0 spiro atoms. The molecule has 1 aromatic heterocycles. The van der Waals surface area contributed by atoms with Gasteiger partial charge in [0.15, 0.2) is 0 Å². The molecule has 2 heterocycles. The molecular formula is C25H30N4O5S. The monoisotopic (exact) mass is 498 g/mol. The van der Waals surface area contributed by atoms with E-state index >= 15 is 0 Å². The number of sulfonamides is 1. The Labute approximate surface area is 205 Å². The Morgan fingerprint density at radius 2 is 1.86 bits per heavy atom. The first kappa shape index (κ1) is 24.6. The third kappa shape index (κ3) is 5.59.